The van der Waals surface area contributed by atoms with Crippen molar-refractivity contribution in [3.63, 3.8) is 0 Å². The molecule has 0 aliphatic carbocycles. The minimum Gasteiger partial charge on any atom is -0.494 e. The van der Waals surface area contributed by atoms with Crippen molar-refractivity contribution >= 4 is 12.4 Å². The lowest BCUT2D eigenvalue weighted by atomic mass is 10.0. The van der Waals surface area contributed by atoms with Crippen molar-refractivity contribution in [3.05, 3.63) is 42.2 Å². The van der Waals surface area contributed by atoms with Crippen molar-refractivity contribution in [2.24, 2.45) is 5.73 Å². The fourth-order valence-corrected chi connectivity index (χ4v) is 1.23. The van der Waals surface area contributed by atoms with Crippen LogP contribution in [0.5, 0.6) is 5.75 Å². The van der Waals surface area contributed by atoms with Crippen LogP contribution in [0.2, 0.25) is 0 Å². The molecule has 1 atom stereocenters. The molecule has 0 radical (unpaired) electrons. The SMILES string of the molecule is C=CC[C@H](N)c1ccc(OC)c(F)c1.Cl. The molecule has 0 spiro atoms. The minimum absolute atomic E-state index is 0. The Kier molecular flexibility index (Phi) is 5.97. The second-order valence-electron chi connectivity index (χ2n) is 3.02. The van der Waals surface area contributed by atoms with Crippen LogP contribution in [-0.2, 0) is 0 Å². The minimum atomic E-state index is -0.385. The topological polar surface area (TPSA) is 35.2 Å². The van der Waals surface area contributed by atoms with Gasteiger partial charge in [-0.3, -0.25) is 0 Å². The molecule has 0 aromatic heterocycles. The van der Waals surface area contributed by atoms with Gasteiger partial charge in [-0.05, 0) is 24.1 Å². The summed E-state index contributed by atoms with van der Waals surface area (Å²) in [5.74, 6) is -0.149. The van der Waals surface area contributed by atoms with Crippen molar-refractivity contribution < 1.29 is 9.13 Å². The Balaban J connectivity index is 0.00000196. The normalized spacial score (nSPS) is 11.4. The summed E-state index contributed by atoms with van der Waals surface area (Å²) in [6, 6.07) is 4.53. The van der Waals surface area contributed by atoms with Gasteiger partial charge in [-0.15, -0.1) is 19.0 Å². The van der Waals surface area contributed by atoms with Gasteiger partial charge < -0.3 is 10.5 Å². The van der Waals surface area contributed by atoms with Gasteiger partial charge in [-0.1, -0.05) is 12.1 Å². The standard InChI is InChI=1S/C11H14FNO.ClH/c1-3-4-10(13)8-5-6-11(14-2)9(12)7-8;/h3,5-7,10H,1,4,13H2,2H3;1H/t10-;/m0./s1. The van der Waals surface area contributed by atoms with E-state index < -0.39 is 0 Å². The fraction of sp³-hybridized carbons (Fsp3) is 0.273. The summed E-state index contributed by atoms with van der Waals surface area (Å²) in [5, 5.41) is 0. The van der Waals surface area contributed by atoms with Gasteiger partial charge in [0.25, 0.3) is 0 Å². The second kappa shape index (κ2) is 6.43. The van der Waals surface area contributed by atoms with E-state index in [0.29, 0.717) is 6.42 Å². The molecule has 0 unspecified atom stereocenters. The van der Waals surface area contributed by atoms with Gasteiger partial charge in [0.05, 0.1) is 7.11 Å². The summed E-state index contributed by atoms with van der Waals surface area (Å²) in [4.78, 5) is 0. The summed E-state index contributed by atoms with van der Waals surface area (Å²) in [6.45, 7) is 3.58. The molecular weight excluding hydrogens is 217 g/mol. The van der Waals surface area contributed by atoms with Crippen molar-refractivity contribution in [2.75, 3.05) is 7.11 Å². The molecule has 2 N–H and O–H groups in total. The molecule has 1 rings (SSSR count). The van der Waals surface area contributed by atoms with Crippen molar-refractivity contribution in [1.82, 2.24) is 0 Å². The van der Waals surface area contributed by atoms with Crippen LogP contribution in [0.3, 0.4) is 0 Å². The Bertz CT molecular complexity index is 330. The fourth-order valence-electron chi connectivity index (χ4n) is 1.23. The number of hydrogen-bond donors (Lipinski definition) is 1. The molecule has 0 bridgehead atoms. The van der Waals surface area contributed by atoms with Crippen LogP contribution in [-0.4, -0.2) is 7.11 Å². The molecule has 0 fully saturated rings. The molecule has 0 saturated carbocycles. The van der Waals surface area contributed by atoms with Crippen LogP contribution in [0, 0.1) is 5.82 Å². The first kappa shape index (κ1) is 13.9. The van der Waals surface area contributed by atoms with Gasteiger partial charge in [0.1, 0.15) is 0 Å². The second-order valence-corrected chi connectivity index (χ2v) is 3.02. The summed E-state index contributed by atoms with van der Waals surface area (Å²) in [7, 11) is 1.43. The number of benzene rings is 1. The molecule has 0 amide bonds. The van der Waals surface area contributed by atoms with E-state index in [1.165, 1.54) is 13.2 Å². The van der Waals surface area contributed by atoms with Gasteiger partial charge in [0.15, 0.2) is 11.6 Å². The molecule has 0 aliphatic rings. The quantitative estimate of drug-likeness (QED) is 0.809. The van der Waals surface area contributed by atoms with Crippen LogP contribution in [0.1, 0.15) is 18.0 Å². The average Bonchev–Trinajstić information content (AvgIpc) is 2.18. The van der Waals surface area contributed by atoms with Crippen LogP contribution < -0.4 is 10.5 Å². The van der Waals surface area contributed by atoms with E-state index >= 15 is 0 Å². The predicted molar refractivity (Wildman–Crippen MR) is 61.9 cm³/mol. The first-order chi connectivity index (χ1) is 6.69. The zero-order chi connectivity index (χ0) is 10.6. The number of methoxy groups -OCH3 is 1. The van der Waals surface area contributed by atoms with E-state index in [4.69, 9.17) is 10.5 Å². The number of rotatable bonds is 4. The maximum atomic E-state index is 13.2. The van der Waals surface area contributed by atoms with E-state index in [1.54, 1.807) is 18.2 Å². The van der Waals surface area contributed by atoms with Crippen LogP contribution >= 0.6 is 12.4 Å². The summed E-state index contributed by atoms with van der Waals surface area (Å²) < 4.78 is 18.0. The van der Waals surface area contributed by atoms with Gasteiger partial charge >= 0.3 is 0 Å². The molecule has 84 valence electrons. The Morgan fingerprint density at radius 3 is 2.73 bits per heavy atom. The highest BCUT2D eigenvalue weighted by Crippen LogP contribution is 2.22. The third-order valence-electron chi connectivity index (χ3n) is 2.02. The van der Waals surface area contributed by atoms with E-state index in [2.05, 4.69) is 6.58 Å². The van der Waals surface area contributed by atoms with Crippen LogP contribution in [0.4, 0.5) is 4.39 Å². The molecule has 0 heterocycles. The first-order valence-electron chi connectivity index (χ1n) is 4.39. The molecule has 0 saturated heterocycles. The van der Waals surface area contributed by atoms with E-state index in [-0.39, 0.29) is 30.0 Å². The van der Waals surface area contributed by atoms with Gasteiger partial charge in [0, 0.05) is 6.04 Å². The highest BCUT2D eigenvalue weighted by molar-refractivity contribution is 5.85. The zero-order valence-corrected chi connectivity index (χ0v) is 9.39. The van der Waals surface area contributed by atoms with Gasteiger partial charge in [-0.25, -0.2) is 4.39 Å². The Morgan fingerprint density at radius 1 is 1.60 bits per heavy atom. The number of halogens is 2. The molecule has 2 nitrogen and oxygen atoms in total. The molecular formula is C11H15ClFNO. The van der Waals surface area contributed by atoms with E-state index in [9.17, 15) is 4.39 Å². The summed E-state index contributed by atoms with van der Waals surface area (Å²) in [6.07, 6.45) is 2.35. The lowest BCUT2D eigenvalue weighted by Crippen LogP contribution is -2.09. The van der Waals surface area contributed by atoms with E-state index in [0.717, 1.165) is 5.56 Å². The highest BCUT2D eigenvalue weighted by Gasteiger charge is 2.08. The average molecular weight is 232 g/mol. The highest BCUT2D eigenvalue weighted by atomic mass is 35.5. The van der Waals surface area contributed by atoms with Crippen molar-refractivity contribution in [3.8, 4) is 5.75 Å². The molecule has 15 heavy (non-hydrogen) atoms. The first-order valence-corrected chi connectivity index (χ1v) is 4.39. The van der Waals surface area contributed by atoms with Crippen molar-refractivity contribution in [1.29, 1.82) is 0 Å². The maximum absolute atomic E-state index is 13.2. The largest absolute Gasteiger partial charge is 0.494 e. The van der Waals surface area contributed by atoms with E-state index in [1.807, 2.05) is 0 Å². The Hall–Kier alpha value is -1.06. The molecule has 4 heteroatoms. The Morgan fingerprint density at radius 2 is 2.27 bits per heavy atom. The van der Waals surface area contributed by atoms with Gasteiger partial charge in [-0.2, -0.15) is 0 Å². The molecule has 0 aliphatic heterocycles. The zero-order valence-electron chi connectivity index (χ0n) is 8.57. The number of hydrogen-bond acceptors (Lipinski definition) is 2. The lowest BCUT2D eigenvalue weighted by molar-refractivity contribution is 0.386. The van der Waals surface area contributed by atoms with Crippen LogP contribution in [0.25, 0.3) is 0 Å². The number of ether oxygens (including phenoxy) is 1. The summed E-state index contributed by atoms with van der Waals surface area (Å²) >= 11 is 0. The lowest BCUT2D eigenvalue weighted by Gasteiger charge is -2.10. The summed E-state index contributed by atoms with van der Waals surface area (Å²) in [5.41, 5.74) is 6.54. The van der Waals surface area contributed by atoms with Crippen molar-refractivity contribution in [2.45, 2.75) is 12.5 Å². The van der Waals surface area contributed by atoms with Gasteiger partial charge in [0.2, 0.25) is 0 Å². The predicted octanol–water partition coefficient (Wildman–Crippen LogP) is 2.83. The molecule has 1 aromatic carbocycles. The smallest absolute Gasteiger partial charge is 0.165 e. The monoisotopic (exact) mass is 231 g/mol. The third kappa shape index (κ3) is 3.53. The number of nitrogens with two attached hydrogens (primary N) is 1. The Labute approximate surface area is 95.3 Å². The maximum Gasteiger partial charge on any atom is 0.165 e. The van der Waals surface area contributed by atoms with Crippen LogP contribution in [0.15, 0.2) is 30.9 Å². The molecule has 1 aromatic rings. The third-order valence-corrected chi connectivity index (χ3v) is 2.02.